The van der Waals surface area contributed by atoms with Gasteiger partial charge in [-0.3, -0.25) is 19.4 Å². The molecular formula is C27H41N5O5. The topological polar surface area (TPSA) is 142 Å². The highest BCUT2D eigenvalue weighted by Gasteiger charge is 2.46. The average Bonchev–Trinajstić information content (AvgIpc) is 3.32. The second kappa shape index (κ2) is 12.0. The number of rotatable bonds is 8. The molecule has 10 nitrogen and oxygen atoms in total. The Balaban J connectivity index is 1.84. The molecule has 204 valence electrons. The molecule has 2 fully saturated rings. The minimum Gasteiger partial charge on any atom is -0.480 e. The summed E-state index contributed by atoms with van der Waals surface area (Å²) in [7, 11) is 0. The summed E-state index contributed by atoms with van der Waals surface area (Å²) in [6.07, 6.45) is 9.19. The van der Waals surface area contributed by atoms with Crippen molar-refractivity contribution in [2.75, 3.05) is 6.54 Å². The fourth-order valence-corrected chi connectivity index (χ4v) is 5.37. The van der Waals surface area contributed by atoms with Crippen LogP contribution in [-0.2, 0) is 14.4 Å². The summed E-state index contributed by atoms with van der Waals surface area (Å²) in [4.78, 5) is 61.8. The number of nitrogens with zero attached hydrogens (tertiary/aromatic N) is 3. The molecule has 3 rings (SSSR count). The average molecular weight is 516 g/mol. The van der Waals surface area contributed by atoms with Crippen LogP contribution in [0.2, 0.25) is 0 Å². The zero-order chi connectivity index (χ0) is 27.3. The van der Waals surface area contributed by atoms with E-state index in [1.807, 2.05) is 34.6 Å². The van der Waals surface area contributed by atoms with Crippen LogP contribution in [0.3, 0.4) is 0 Å². The van der Waals surface area contributed by atoms with E-state index < -0.39 is 47.2 Å². The van der Waals surface area contributed by atoms with Gasteiger partial charge < -0.3 is 20.6 Å². The van der Waals surface area contributed by atoms with Crippen LogP contribution in [0.5, 0.6) is 0 Å². The molecule has 3 N–H and O–H groups in total. The van der Waals surface area contributed by atoms with Gasteiger partial charge in [-0.25, -0.2) is 9.78 Å². The summed E-state index contributed by atoms with van der Waals surface area (Å²) in [6.45, 7) is 9.91. The first-order valence-corrected chi connectivity index (χ1v) is 13.3. The van der Waals surface area contributed by atoms with Gasteiger partial charge in [0, 0.05) is 18.9 Å². The van der Waals surface area contributed by atoms with Crippen molar-refractivity contribution in [1.29, 1.82) is 0 Å². The highest BCUT2D eigenvalue weighted by atomic mass is 16.4. The van der Waals surface area contributed by atoms with Crippen molar-refractivity contribution < 1.29 is 24.3 Å². The number of hydrogen-bond donors (Lipinski definition) is 3. The van der Waals surface area contributed by atoms with E-state index in [9.17, 15) is 24.3 Å². The molecule has 3 amide bonds. The molecule has 0 bridgehead atoms. The van der Waals surface area contributed by atoms with E-state index in [4.69, 9.17) is 0 Å². The summed E-state index contributed by atoms with van der Waals surface area (Å²) in [6, 6.07) is -2.72. The molecule has 37 heavy (non-hydrogen) atoms. The predicted octanol–water partition coefficient (Wildman–Crippen LogP) is 2.64. The molecule has 1 saturated heterocycles. The summed E-state index contributed by atoms with van der Waals surface area (Å²) in [5, 5.41) is 15.6. The van der Waals surface area contributed by atoms with Gasteiger partial charge in [0.25, 0.3) is 5.91 Å². The van der Waals surface area contributed by atoms with Crippen LogP contribution in [-0.4, -0.2) is 68.3 Å². The monoisotopic (exact) mass is 515 g/mol. The quantitative estimate of drug-likeness (QED) is 0.483. The van der Waals surface area contributed by atoms with Crippen LogP contribution in [0, 0.1) is 23.2 Å². The van der Waals surface area contributed by atoms with E-state index in [2.05, 4.69) is 20.6 Å². The Kier molecular flexibility index (Phi) is 9.26. The van der Waals surface area contributed by atoms with E-state index >= 15 is 0 Å². The molecule has 1 aliphatic heterocycles. The highest BCUT2D eigenvalue weighted by molar-refractivity contribution is 5.97. The van der Waals surface area contributed by atoms with Gasteiger partial charge in [-0.15, -0.1) is 0 Å². The number of likely N-dealkylation sites (tertiary alicyclic amines) is 1. The summed E-state index contributed by atoms with van der Waals surface area (Å²) in [5.41, 5.74) is -0.571. The van der Waals surface area contributed by atoms with Crippen LogP contribution >= 0.6 is 0 Å². The molecule has 2 heterocycles. The number of aromatic nitrogens is 2. The van der Waals surface area contributed by atoms with Crippen molar-refractivity contribution in [2.45, 2.75) is 91.3 Å². The fourth-order valence-electron chi connectivity index (χ4n) is 5.37. The molecule has 1 saturated carbocycles. The van der Waals surface area contributed by atoms with Gasteiger partial charge in [0.15, 0.2) is 0 Å². The number of carbonyl (C=O) groups excluding carboxylic acids is 3. The van der Waals surface area contributed by atoms with Crippen molar-refractivity contribution in [3.63, 3.8) is 0 Å². The van der Waals surface area contributed by atoms with Crippen molar-refractivity contribution in [2.24, 2.45) is 23.2 Å². The number of carboxylic acids is 1. The lowest BCUT2D eigenvalue weighted by atomic mass is 9.82. The molecule has 2 aliphatic rings. The number of nitrogens with one attached hydrogen (secondary N) is 2. The Morgan fingerprint density at radius 1 is 1.03 bits per heavy atom. The predicted molar refractivity (Wildman–Crippen MR) is 137 cm³/mol. The molecule has 0 radical (unpaired) electrons. The van der Waals surface area contributed by atoms with Crippen LogP contribution in [0.1, 0.15) is 83.6 Å². The fraction of sp³-hybridized carbons (Fsp3) is 0.704. The minimum atomic E-state index is -1.04. The van der Waals surface area contributed by atoms with Crippen LogP contribution < -0.4 is 10.6 Å². The second-order valence-electron chi connectivity index (χ2n) is 11.8. The van der Waals surface area contributed by atoms with Crippen molar-refractivity contribution in [3.8, 4) is 0 Å². The lowest BCUT2D eigenvalue weighted by Crippen LogP contribution is -2.61. The van der Waals surface area contributed by atoms with Crippen molar-refractivity contribution in [1.82, 2.24) is 25.5 Å². The molecule has 4 atom stereocenters. The Hall–Kier alpha value is -3.04. The Morgan fingerprint density at radius 2 is 1.70 bits per heavy atom. The lowest BCUT2D eigenvalue weighted by Gasteiger charge is -2.37. The van der Waals surface area contributed by atoms with Gasteiger partial charge in [-0.1, -0.05) is 53.9 Å². The summed E-state index contributed by atoms with van der Waals surface area (Å²) < 4.78 is 0. The summed E-state index contributed by atoms with van der Waals surface area (Å²) in [5.74, 6) is -2.15. The Bertz CT molecular complexity index is 971. The first kappa shape index (κ1) is 28.5. The number of hydrogen-bond acceptors (Lipinski definition) is 6. The standard InChI is InChI=1S/C27H41N5O5/c1-16(2)18-13-20(26(36)37)32(15-18)25(35)22(27(3,4)5)31-24(34)21(17-9-7-6-8-10-17)30-23(33)19-14-28-11-12-29-19/h11-12,14,16-18,20-22H,6-10,13,15H2,1-5H3,(H,30,33)(H,31,34)(H,36,37)/t18-,20+,21+,22-/m1/s1. The third-order valence-corrected chi connectivity index (χ3v) is 7.73. The van der Waals surface area contributed by atoms with Crippen LogP contribution in [0.4, 0.5) is 0 Å². The van der Waals surface area contributed by atoms with Crippen molar-refractivity contribution in [3.05, 3.63) is 24.3 Å². The summed E-state index contributed by atoms with van der Waals surface area (Å²) >= 11 is 0. The maximum atomic E-state index is 13.8. The first-order valence-electron chi connectivity index (χ1n) is 13.3. The molecule has 0 unspecified atom stereocenters. The third kappa shape index (κ3) is 7.05. The van der Waals surface area contributed by atoms with Crippen molar-refractivity contribution >= 4 is 23.7 Å². The molecular weight excluding hydrogens is 474 g/mol. The number of aliphatic carboxylic acids is 1. The Labute approximate surface area is 219 Å². The highest BCUT2D eigenvalue weighted by Crippen LogP contribution is 2.32. The SMILES string of the molecule is CC(C)[C@@H]1C[C@@H](C(=O)O)N(C(=O)[C@@H](NC(=O)[C@@H](NC(=O)c2cnccn2)C2CCCCC2)C(C)(C)C)C1. The normalized spacial score (nSPS) is 22.4. The van der Waals surface area contributed by atoms with Gasteiger partial charge in [-0.05, 0) is 42.4 Å². The molecule has 0 spiro atoms. The van der Waals surface area contributed by atoms with Crippen LogP contribution in [0.25, 0.3) is 0 Å². The molecule has 1 aromatic rings. The van der Waals surface area contributed by atoms with Gasteiger partial charge in [-0.2, -0.15) is 0 Å². The number of carbonyl (C=O) groups is 4. The number of amides is 3. The maximum Gasteiger partial charge on any atom is 0.326 e. The van der Waals surface area contributed by atoms with Crippen LogP contribution in [0.15, 0.2) is 18.6 Å². The van der Waals surface area contributed by atoms with E-state index in [0.29, 0.717) is 13.0 Å². The van der Waals surface area contributed by atoms with E-state index in [1.54, 1.807) is 0 Å². The molecule has 1 aliphatic carbocycles. The largest absolute Gasteiger partial charge is 0.480 e. The van der Waals surface area contributed by atoms with E-state index in [1.165, 1.54) is 23.5 Å². The molecule has 10 heteroatoms. The first-order chi connectivity index (χ1) is 17.4. The molecule has 0 aromatic carbocycles. The minimum absolute atomic E-state index is 0.0719. The second-order valence-corrected chi connectivity index (χ2v) is 11.8. The van der Waals surface area contributed by atoms with Gasteiger partial charge in [0.1, 0.15) is 23.8 Å². The zero-order valence-corrected chi connectivity index (χ0v) is 22.6. The molecule has 1 aromatic heterocycles. The lowest BCUT2D eigenvalue weighted by molar-refractivity contribution is -0.151. The third-order valence-electron chi connectivity index (χ3n) is 7.73. The maximum absolute atomic E-state index is 13.8. The van der Waals surface area contributed by atoms with E-state index in [0.717, 1.165) is 32.1 Å². The van der Waals surface area contributed by atoms with Gasteiger partial charge >= 0.3 is 5.97 Å². The van der Waals surface area contributed by atoms with Gasteiger partial charge in [0.05, 0.1) is 6.20 Å². The number of carboxylic acid groups (broad SMARTS) is 1. The smallest absolute Gasteiger partial charge is 0.326 e. The van der Waals surface area contributed by atoms with E-state index in [-0.39, 0.29) is 23.4 Å². The zero-order valence-electron chi connectivity index (χ0n) is 22.6. The van der Waals surface area contributed by atoms with Gasteiger partial charge in [0.2, 0.25) is 11.8 Å². The Morgan fingerprint density at radius 3 is 2.24 bits per heavy atom.